The Morgan fingerprint density at radius 3 is 3.13 bits per heavy atom. The van der Waals surface area contributed by atoms with Crippen LogP contribution in [-0.4, -0.2) is 19.1 Å². The molecule has 0 bridgehead atoms. The Bertz CT molecular complexity index is 381. The average Bonchev–Trinajstić information content (AvgIpc) is 2.65. The maximum Gasteiger partial charge on any atom is 0.265 e. The van der Waals surface area contributed by atoms with E-state index in [9.17, 15) is 4.79 Å². The minimum atomic E-state index is -0.190. The van der Waals surface area contributed by atoms with Crippen LogP contribution in [0.15, 0.2) is 11.4 Å². The number of hydrogen-bond acceptors (Lipinski definition) is 4. The summed E-state index contributed by atoms with van der Waals surface area (Å²) in [5, 5.41) is 13.0. The van der Waals surface area contributed by atoms with Gasteiger partial charge in [-0.2, -0.15) is 5.26 Å². The van der Waals surface area contributed by atoms with Crippen molar-refractivity contribution < 1.29 is 9.53 Å². The smallest absolute Gasteiger partial charge is 0.265 e. The van der Waals surface area contributed by atoms with E-state index in [0.29, 0.717) is 17.0 Å². The molecule has 1 atom stereocenters. The molecule has 0 radical (unpaired) electrons. The number of rotatable bonds is 4. The van der Waals surface area contributed by atoms with Crippen molar-refractivity contribution in [1.82, 2.24) is 5.32 Å². The molecule has 0 aromatic carbocycles. The molecule has 80 valence electrons. The molecule has 1 N–H and O–H groups in total. The average molecular weight is 224 g/mol. The van der Waals surface area contributed by atoms with Crippen molar-refractivity contribution in [3.63, 3.8) is 0 Å². The molecular formula is C10H12N2O2S. The van der Waals surface area contributed by atoms with Crippen molar-refractivity contribution in [1.29, 1.82) is 5.26 Å². The van der Waals surface area contributed by atoms with E-state index in [1.807, 2.05) is 6.07 Å². The van der Waals surface area contributed by atoms with Crippen LogP contribution < -0.4 is 10.1 Å². The van der Waals surface area contributed by atoms with Crippen molar-refractivity contribution in [3.8, 4) is 11.8 Å². The number of nitrogens with one attached hydrogen (secondary N) is 1. The molecule has 1 aromatic heterocycles. The molecule has 5 heteroatoms. The summed E-state index contributed by atoms with van der Waals surface area (Å²) in [4.78, 5) is 12.2. The second-order valence-corrected chi connectivity index (χ2v) is 3.97. The normalized spacial score (nSPS) is 11.5. The second-order valence-electron chi connectivity index (χ2n) is 3.05. The monoisotopic (exact) mass is 224 g/mol. The van der Waals surface area contributed by atoms with Crippen LogP contribution >= 0.6 is 11.3 Å². The molecule has 15 heavy (non-hydrogen) atoms. The van der Waals surface area contributed by atoms with E-state index in [0.717, 1.165) is 0 Å². The number of amides is 1. The van der Waals surface area contributed by atoms with Gasteiger partial charge < -0.3 is 10.1 Å². The fraction of sp³-hybridized carbons (Fsp3) is 0.400. The van der Waals surface area contributed by atoms with Crippen LogP contribution in [-0.2, 0) is 0 Å². The number of hydrogen-bond donors (Lipinski definition) is 1. The van der Waals surface area contributed by atoms with Crippen LogP contribution in [0.1, 0.15) is 23.0 Å². The Morgan fingerprint density at radius 1 is 1.80 bits per heavy atom. The third-order valence-corrected chi connectivity index (χ3v) is 2.72. The van der Waals surface area contributed by atoms with Gasteiger partial charge in [0.15, 0.2) is 0 Å². The quantitative estimate of drug-likeness (QED) is 0.848. The SMILES string of the molecule is COc1ccsc1C(=O)NC(C)CC#N. The lowest BCUT2D eigenvalue weighted by Gasteiger charge is -2.09. The molecule has 1 amide bonds. The van der Waals surface area contributed by atoms with Crippen LogP contribution in [0.4, 0.5) is 0 Å². The van der Waals surface area contributed by atoms with E-state index >= 15 is 0 Å². The third-order valence-electron chi connectivity index (χ3n) is 1.83. The van der Waals surface area contributed by atoms with Crippen LogP contribution in [0, 0.1) is 11.3 Å². The predicted octanol–water partition coefficient (Wildman–Crippen LogP) is 1.79. The van der Waals surface area contributed by atoms with Gasteiger partial charge in [0.1, 0.15) is 10.6 Å². The highest BCUT2D eigenvalue weighted by atomic mass is 32.1. The van der Waals surface area contributed by atoms with Crippen molar-refractivity contribution in [2.45, 2.75) is 19.4 Å². The number of nitriles is 1. The Kier molecular flexibility index (Phi) is 4.13. The zero-order valence-electron chi connectivity index (χ0n) is 8.61. The van der Waals surface area contributed by atoms with Gasteiger partial charge in [-0.15, -0.1) is 11.3 Å². The van der Waals surface area contributed by atoms with E-state index in [1.165, 1.54) is 18.4 Å². The summed E-state index contributed by atoms with van der Waals surface area (Å²) in [5.41, 5.74) is 0. The van der Waals surface area contributed by atoms with Gasteiger partial charge in [0.05, 0.1) is 19.6 Å². The molecule has 4 nitrogen and oxygen atoms in total. The van der Waals surface area contributed by atoms with Gasteiger partial charge in [-0.3, -0.25) is 4.79 Å². The second kappa shape index (κ2) is 5.37. The lowest BCUT2D eigenvalue weighted by atomic mass is 10.2. The fourth-order valence-corrected chi connectivity index (χ4v) is 1.86. The molecule has 1 unspecified atom stereocenters. The number of methoxy groups -OCH3 is 1. The number of carbonyl (C=O) groups is 1. The standard InChI is InChI=1S/C10H12N2O2S/c1-7(3-5-11)12-10(13)9-8(14-2)4-6-15-9/h4,6-7H,3H2,1-2H3,(H,12,13). The lowest BCUT2D eigenvalue weighted by molar-refractivity contribution is 0.0942. The molecule has 1 aromatic rings. The summed E-state index contributed by atoms with van der Waals surface area (Å²) in [5.74, 6) is 0.381. The van der Waals surface area contributed by atoms with Crippen molar-refractivity contribution in [2.75, 3.05) is 7.11 Å². The fourth-order valence-electron chi connectivity index (χ4n) is 1.10. The van der Waals surface area contributed by atoms with Gasteiger partial charge in [-0.1, -0.05) is 0 Å². The predicted molar refractivity (Wildman–Crippen MR) is 58.0 cm³/mol. The zero-order valence-corrected chi connectivity index (χ0v) is 9.43. The summed E-state index contributed by atoms with van der Waals surface area (Å²) in [6.45, 7) is 1.79. The summed E-state index contributed by atoms with van der Waals surface area (Å²) < 4.78 is 5.03. The van der Waals surface area contributed by atoms with Gasteiger partial charge >= 0.3 is 0 Å². The van der Waals surface area contributed by atoms with E-state index in [-0.39, 0.29) is 11.9 Å². The molecule has 0 saturated carbocycles. The van der Waals surface area contributed by atoms with Crippen LogP contribution in [0.2, 0.25) is 0 Å². The van der Waals surface area contributed by atoms with Crippen LogP contribution in [0.5, 0.6) is 5.75 Å². The first-order chi connectivity index (χ1) is 7.19. The Hall–Kier alpha value is -1.54. The Balaban J connectivity index is 2.65. The Morgan fingerprint density at radius 2 is 2.53 bits per heavy atom. The molecular weight excluding hydrogens is 212 g/mol. The molecule has 1 heterocycles. The highest BCUT2D eigenvalue weighted by molar-refractivity contribution is 7.12. The molecule has 0 fully saturated rings. The summed E-state index contributed by atoms with van der Waals surface area (Å²) in [7, 11) is 1.53. The number of ether oxygens (including phenoxy) is 1. The number of nitrogens with zero attached hydrogens (tertiary/aromatic N) is 1. The largest absolute Gasteiger partial charge is 0.495 e. The van der Waals surface area contributed by atoms with Gasteiger partial charge in [0.25, 0.3) is 5.91 Å². The number of thiophene rings is 1. The van der Waals surface area contributed by atoms with Gasteiger partial charge in [-0.25, -0.2) is 0 Å². The maximum atomic E-state index is 11.7. The Labute approximate surface area is 92.5 Å². The van der Waals surface area contributed by atoms with E-state index in [1.54, 1.807) is 18.4 Å². The van der Waals surface area contributed by atoms with Crippen molar-refractivity contribution in [2.24, 2.45) is 0 Å². The molecule has 0 aliphatic heterocycles. The first-order valence-electron chi connectivity index (χ1n) is 4.48. The molecule has 1 rings (SSSR count). The van der Waals surface area contributed by atoms with E-state index < -0.39 is 0 Å². The topological polar surface area (TPSA) is 62.1 Å². The van der Waals surface area contributed by atoms with Gasteiger partial charge in [0, 0.05) is 6.04 Å². The molecule has 0 spiro atoms. The zero-order chi connectivity index (χ0) is 11.3. The highest BCUT2D eigenvalue weighted by Gasteiger charge is 2.15. The van der Waals surface area contributed by atoms with Crippen molar-refractivity contribution in [3.05, 3.63) is 16.3 Å². The summed E-state index contributed by atoms with van der Waals surface area (Å²) in [6, 6.07) is 3.60. The van der Waals surface area contributed by atoms with E-state index in [2.05, 4.69) is 5.32 Å². The lowest BCUT2D eigenvalue weighted by Crippen LogP contribution is -2.31. The first kappa shape index (κ1) is 11.5. The van der Waals surface area contributed by atoms with E-state index in [4.69, 9.17) is 10.00 Å². The highest BCUT2D eigenvalue weighted by Crippen LogP contribution is 2.24. The minimum absolute atomic E-state index is 0.144. The first-order valence-corrected chi connectivity index (χ1v) is 5.36. The van der Waals surface area contributed by atoms with Crippen LogP contribution in [0.3, 0.4) is 0 Å². The molecule has 0 saturated heterocycles. The van der Waals surface area contributed by atoms with Crippen LogP contribution in [0.25, 0.3) is 0 Å². The van der Waals surface area contributed by atoms with Crippen molar-refractivity contribution >= 4 is 17.2 Å². The minimum Gasteiger partial charge on any atom is -0.495 e. The molecule has 0 aliphatic carbocycles. The summed E-state index contributed by atoms with van der Waals surface area (Å²) in [6.07, 6.45) is 0.305. The van der Waals surface area contributed by atoms with Gasteiger partial charge in [0.2, 0.25) is 0 Å². The van der Waals surface area contributed by atoms with Gasteiger partial charge in [-0.05, 0) is 18.4 Å². The maximum absolute atomic E-state index is 11.7. The third kappa shape index (κ3) is 2.96. The summed E-state index contributed by atoms with van der Waals surface area (Å²) >= 11 is 1.32. The number of carbonyl (C=O) groups excluding carboxylic acids is 1. The molecule has 0 aliphatic rings.